The van der Waals surface area contributed by atoms with Gasteiger partial charge in [-0.2, -0.15) is 19.3 Å². The third-order valence-electron chi connectivity index (χ3n) is 3.16. The summed E-state index contributed by atoms with van der Waals surface area (Å²) < 4.78 is 14.1. The van der Waals surface area contributed by atoms with Gasteiger partial charge in [-0.3, -0.25) is 0 Å². The maximum atomic E-state index is 8.74. The zero-order valence-electron chi connectivity index (χ0n) is 11.9. The van der Waals surface area contributed by atoms with Gasteiger partial charge in [-0.25, -0.2) is 0 Å². The molecular formula is C17H10N4OS. The molecule has 5 nitrogen and oxygen atoms in total. The van der Waals surface area contributed by atoms with Gasteiger partial charge in [0.1, 0.15) is 41.1 Å². The molecule has 0 saturated heterocycles. The number of rotatable bonds is 4. The first-order valence-corrected chi connectivity index (χ1v) is 7.47. The average molecular weight is 318 g/mol. The van der Waals surface area contributed by atoms with Gasteiger partial charge in [0.05, 0.1) is 11.7 Å². The van der Waals surface area contributed by atoms with Crippen LogP contribution in [-0.4, -0.2) is 8.75 Å². The van der Waals surface area contributed by atoms with Gasteiger partial charge in [0, 0.05) is 0 Å². The summed E-state index contributed by atoms with van der Waals surface area (Å²) in [6, 6.07) is 16.7. The van der Waals surface area contributed by atoms with Crippen LogP contribution in [0, 0.1) is 22.7 Å². The molecule has 0 amide bonds. The van der Waals surface area contributed by atoms with Crippen molar-refractivity contribution in [2.45, 2.75) is 6.61 Å². The first kappa shape index (κ1) is 14.7. The molecule has 0 aliphatic heterocycles. The predicted molar refractivity (Wildman–Crippen MR) is 87.4 cm³/mol. The number of allylic oxidation sites excluding steroid dienone is 1. The summed E-state index contributed by atoms with van der Waals surface area (Å²) in [6.45, 7) is 0.435. The monoisotopic (exact) mass is 318 g/mol. The standard InChI is InChI=1S/C17H10N4OS/c18-9-14(10-19)7-12-1-4-15(5-2-12)22-11-13-3-6-16-17(8-13)21-23-20-16/h1-8H,11H2. The van der Waals surface area contributed by atoms with Crippen LogP contribution in [0.15, 0.2) is 48.0 Å². The molecule has 110 valence electrons. The summed E-state index contributed by atoms with van der Waals surface area (Å²) >= 11 is 1.19. The number of fused-ring (bicyclic) bond motifs is 1. The molecule has 0 fully saturated rings. The molecule has 0 spiro atoms. The molecule has 0 atom stereocenters. The van der Waals surface area contributed by atoms with Crippen LogP contribution in [0.5, 0.6) is 5.75 Å². The van der Waals surface area contributed by atoms with Crippen LogP contribution in [0.3, 0.4) is 0 Å². The highest BCUT2D eigenvalue weighted by Gasteiger charge is 2.02. The highest BCUT2D eigenvalue weighted by molar-refractivity contribution is 7.00. The summed E-state index contributed by atoms with van der Waals surface area (Å²) in [7, 11) is 0. The second kappa shape index (κ2) is 6.69. The Balaban J connectivity index is 1.68. The lowest BCUT2D eigenvalue weighted by Crippen LogP contribution is -1.95. The number of nitriles is 2. The van der Waals surface area contributed by atoms with E-state index in [1.807, 2.05) is 30.3 Å². The second-order valence-corrected chi connectivity index (χ2v) is 5.26. The average Bonchev–Trinajstić information content (AvgIpc) is 3.06. The topological polar surface area (TPSA) is 82.6 Å². The van der Waals surface area contributed by atoms with E-state index >= 15 is 0 Å². The smallest absolute Gasteiger partial charge is 0.130 e. The number of aromatic nitrogens is 2. The fourth-order valence-corrected chi connectivity index (χ4v) is 2.52. The fourth-order valence-electron chi connectivity index (χ4n) is 2.00. The van der Waals surface area contributed by atoms with Crippen molar-refractivity contribution in [3.05, 3.63) is 59.2 Å². The van der Waals surface area contributed by atoms with Crippen molar-refractivity contribution in [1.82, 2.24) is 8.75 Å². The SMILES string of the molecule is N#CC(C#N)=Cc1ccc(OCc2ccc3nsnc3c2)cc1. The largest absolute Gasteiger partial charge is 0.489 e. The van der Waals surface area contributed by atoms with Gasteiger partial charge in [-0.1, -0.05) is 18.2 Å². The first-order valence-electron chi connectivity index (χ1n) is 6.74. The summed E-state index contributed by atoms with van der Waals surface area (Å²) in [5, 5.41) is 17.5. The van der Waals surface area contributed by atoms with Crippen molar-refractivity contribution in [3.63, 3.8) is 0 Å². The first-order chi connectivity index (χ1) is 11.3. The summed E-state index contributed by atoms with van der Waals surface area (Å²) in [6.07, 6.45) is 1.53. The summed E-state index contributed by atoms with van der Waals surface area (Å²) in [5.41, 5.74) is 3.64. The molecule has 2 aromatic carbocycles. The van der Waals surface area contributed by atoms with Gasteiger partial charge in [0.15, 0.2) is 0 Å². The van der Waals surface area contributed by atoms with Crippen LogP contribution < -0.4 is 4.74 Å². The van der Waals surface area contributed by atoms with Crippen LogP contribution in [0.1, 0.15) is 11.1 Å². The highest BCUT2D eigenvalue weighted by atomic mass is 32.1. The zero-order chi connectivity index (χ0) is 16.1. The molecule has 0 bridgehead atoms. The Morgan fingerprint density at radius 3 is 2.52 bits per heavy atom. The lowest BCUT2D eigenvalue weighted by Gasteiger charge is -2.06. The third kappa shape index (κ3) is 3.52. The van der Waals surface area contributed by atoms with E-state index < -0.39 is 0 Å². The Labute approximate surface area is 137 Å². The molecule has 6 heteroatoms. The molecule has 0 N–H and O–H groups in total. The van der Waals surface area contributed by atoms with Crippen molar-refractivity contribution >= 4 is 28.8 Å². The molecule has 1 aromatic heterocycles. The zero-order valence-corrected chi connectivity index (χ0v) is 12.7. The molecule has 0 unspecified atom stereocenters. The summed E-state index contributed by atoms with van der Waals surface area (Å²) in [4.78, 5) is 0. The van der Waals surface area contributed by atoms with E-state index in [1.165, 1.54) is 17.8 Å². The van der Waals surface area contributed by atoms with Crippen LogP contribution in [0.25, 0.3) is 17.1 Å². The Bertz CT molecular complexity index is 929. The Morgan fingerprint density at radius 1 is 1.04 bits per heavy atom. The number of benzene rings is 2. The number of nitrogens with zero attached hydrogens (tertiary/aromatic N) is 4. The number of hydrogen-bond acceptors (Lipinski definition) is 6. The van der Waals surface area contributed by atoms with Crippen molar-refractivity contribution in [2.24, 2.45) is 0 Å². The van der Waals surface area contributed by atoms with Crippen LogP contribution >= 0.6 is 11.7 Å². The van der Waals surface area contributed by atoms with Gasteiger partial charge in [-0.15, -0.1) is 0 Å². The van der Waals surface area contributed by atoms with Gasteiger partial charge < -0.3 is 4.74 Å². The van der Waals surface area contributed by atoms with Crippen LogP contribution in [-0.2, 0) is 6.61 Å². The Morgan fingerprint density at radius 2 is 1.78 bits per heavy atom. The molecule has 0 saturated carbocycles. The molecule has 3 rings (SSSR count). The van der Waals surface area contributed by atoms with E-state index in [-0.39, 0.29) is 5.57 Å². The van der Waals surface area contributed by atoms with Gasteiger partial charge in [0.2, 0.25) is 0 Å². The normalized spacial score (nSPS) is 9.83. The maximum Gasteiger partial charge on any atom is 0.130 e. The fraction of sp³-hybridized carbons (Fsp3) is 0.0588. The van der Waals surface area contributed by atoms with Gasteiger partial charge in [0.25, 0.3) is 0 Å². The minimum Gasteiger partial charge on any atom is -0.489 e. The van der Waals surface area contributed by atoms with Crippen molar-refractivity contribution < 1.29 is 4.74 Å². The number of hydrogen-bond donors (Lipinski definition) is 0. The predicted octanol–water partition coefficient (Wildman–Crippen LogP) is 3.70. The van der Waals surface area contributed by atoms with E-state index in [4.69, 9.17) is 15.3 Å². The second-order valence-electron chi connectivity index (χ2n) is 4.73. The van der Waals surface area contributed by atoms with Gasteiger partial charge >= 0.3 is 0 Å². The van der Waals surface area contributed by atoms with Crippen LogP contribution in [0.4, 0.5) is 0 Å². The lowest BCUT2D eigenvalue weighted by atomic mass is 10.1. The molecule has 0 aliphatic rings. The van der Waals surface area contributed by atoms with Crippen molar-refractivity contribution in [1.29, 1.82) is 10.5 Å². The van der Waals surface area contributed by atoms with E-state index in [1.54, 1.807) is 24.3 Å². The number of ether oxygens (including phenoxy) is 1. The Kier molecular flexibility index (Phi) is 4.28. The molecular weight excluding hydrogens is 308 g/mol. The summed E-state index contributed by atoms with van der Waals surface area (Å²) in [5.74, 6) is 0.717. The van der Waals surface area contributed by atoms with Crippen molar-refractivity contribution in [3.8, 4) is 17.9 Å². The minimum absolute atomic E-state index is 0.0730. The van der Waals surface area contributed by atoms with Crippen molar-refractivity contribution in [2.75, 3.05) is 0 Å². The molecule has 0 radical (unpaired) electrons. The maximum absolute atomic E-state index is 8.74. The van der Waals surface area contributed by atoms with E-state index in [0.29, 0.717) is 12.4 Å². The van der Waals surface area contributed by atoms with E-state index in [0.717, 1.165) is 22.2 Å². The quantitative estimate of drug-likeness (QED) is 0.685. The van der Waals surface area contributed by atoms with Crippen LogP contribution in [0.2, 0.25) is 0 Å². The Hall–Kier alpha value is -3.22. The molecule has 3 aromatic rings. The molecule has 23 heavy (non-hydrogen) atoms. The lowest BCUT2D eigenvalue weighted by molar-refractivity contribution is 0.306. The third-order valence-corrected chi connectivity index (χ3v) is 3.71. The minimum atomic E-state index is 0.0730. The highest BCUT2D eigenvalue weighted by Crippen LogP contribution is 2.18. The van der Waals surface area contributed by atoms with E-state index in [2.05, 4.69) is 8.75 Å². The van der Waals surface area contributed by atoms with E-state index in [9.17, 15) is 0 Å². The van der Waals surface area contributed by atoms with Gasteiger partial charge in [-0.05, 0) is 41.5 Å². The molecule has 0 aliphatic carbocycles. The molecule has 1 heterocycles.